The molecule has 2 amide bonds. The molecule has 0 spiro atoms. The van der Waals surface area contributed by atoms with Crippen LogP contribution in [0, 0.1) is 11.6 Å². The molecule has 25 heavy (non-hydrogen) atoms. The molecule has 1 aromatic carbocycles. The van der Waals surface area contributed by atoms with Gasteiger partial charge in [0.15, 0.2) is 11.6 Å². The van der Waals surface area contributed by atoms with Crippen LogP contribution in [0.5, 0.6) is 0 Å². The quantitative estimate of drug-likeness (QED) is 0.893. The largest absolute Gasteiger partial charge is 0.360 e. The third kappa shape index (κ3) is 3.11. The standard InChI is InChI=1S/C17H17F2N3O3/c1-2-21-4-3-5-22(9-15(21)23)17(25)11-8-20-14-7-13(19)12(18)6-10(14)16(11)24/h6-8H,2-5,9H2,1H3,(H,20,24). The van der Waals surface area contributed by atoms with E-state index in [1.165, 1.54) is 11.1 Å². The van der Waals surface area contributed by atoms with Gasteiger partial charge in [0.25, 0.3) is 5.91 Å². The van der Waals surface area contributed by atoms with Gasteiger partial charge in [-0.15, -0.1) is 0 Å². The average Bonchev–Trinajstić information content (AvgIpc) is 2.77. The molecule has 3 rings (SSSR count). The van der Waals surface area contributed by atoms with Crippen LogP contribution in [0.15, 0.2) is 23.1 Å². The summed E-state index contributed by atoms with van der Waals surface area (Å²) in [5, 5.41) is -0.110. The first-order valence-corrected chi connectivity index (χ1v) is 8.00. The molecule has 1 saturated heterocycles. The molecule has 0 atom stereocenters. The Bertz CT molecular complexity index is 910. The van der Waals surface area contributed by atoms with Crippen molar-refractivity contribution in [3.8, 4) is 0 Å². The van der Waals surface area contributed by atoms with Crippen molar-refractivity contribution in [2.45, 2.75) is 13.3 Å². The molecule has 1 aliphatic heterocycles. The molecule has 0 unspecified atom stereocenters. The number of halogens is 2. The zero-order chi connectivity index (χ0) is 18.1. The number of hydrogen-bond donors (Lipinski definition) is 1. The van der Waals surface area contributed by atoms with Crippen LogP contribution in [0.3, 0.4) is 0 Å². The van der Waals surface area contributed by atoms with E-state index >= 15 is 0 Å². The highest BCUT2D eigenvalue weighted by Crippen LogP contribution is 2.15. The minimum atomic E-state index is -1.16. The van der Waals surface area contributed by atoms with E-state index in [-0.39, 0.29) is 28.9 Å². The fourth-order valence-corrected chi connectivity index (χ4v) is 2.97. The number of pyridine rings is 1. The summed E-state index contributed by atoms with van der Waals surface area (Å²) in [7, 11) is 0. The van der Waals surface area contributed by atoms with Crippen molar-refractivity contribution in [3.05, 3.63) is 45.8 Å². The van der Waals surface area contributed by atoms with Crippen LogP contribution >= 0.6 is 0 Å². The van der Waals surface area contributed by atoms with Crippen molar-refractivity contribution in [3.63, 3.8) is 0 Å². The fourth-order valence-electron chi connectivity index (χ4n) is 2.97. The van der Waals surface area contributed by atoms with Gasteiger partial charge in [0.2, 0.25) is 11.3 Å². The van der Waals surface area contributed by atoms with Crippen LogP contribution < -0.4 is 5.43 Å². The van der Waals surface area contributed by atoms with E-state index in [0.29, 0.717) is 26.1 Å². The topological polar surface area (TPSA) is 73.5 Å². The normalized spacial score (nSPS) is 15.6. The number of aromatic nitrogens is 1. The van der Waals surface area contributed by atoms with E-state index in [4.69, 9.17) is 0 Å². The Morgan fingerprint density at radius 3 is 2.64 bits per heavy atom. The predicted octanol–water partition coefficient (Wildman–Crippen LogP) is 1.50. The molecule has 132 valence electrons. The van der Waals surface area contributed by atoms with Crippen LogP contribution in [-0.2, 0) is 4.79 Å². The minimum absolute atomic E-state index is 0.101. The van der Waals surface area contributed by atoms with Gasteiger partial charge in [0, 0.05) is 37.3 Å². The monoisotopic (exact) mass is 349 g/mol. The third-order valence-electron chi connectivity index (χ3n) is 4.36. The van der Waals surface area contributed by atoms with Crippen molar-refractivity contribution in [1.82, 2.24) is 14.8 Å². The number of carbonyl (C=O) groups excluding carboxylic acids is 2. The van der Waals surface area contributed by atoms with Crippen molar-refractivity contribution < 1.29 is 18.4 Å². The maximum Gasteiger partial charge on any atom is 0.259 e. The third-order valence-corrected chi connectivity index (χ3v) is 4.36. The smallest absolute Gasteiger partial charge is 0.259 e. The molecule has 0 radical (unpaired) electrons. The summed E-state index contributed by atoms with van der Waals surface area (Å²) in [5.74, 6) is -3.02. The molecule has 1 N–H and O–H groups in total. The Labute approximate surface area is 142 Å². The van der Waals surface area contributed by atoms with Crippen LogP contribution in [0.2, 0.25) is 0 Å². The number of rotatable bonds is 2. The van der Waals surface area contributed by atoms with Crippen LogP contribution in [-0.4, -0.2) is 52.8 Å². The lowest BCUT2D eigenvalue weighted by molar-refractivity contribution is -0.130. The maximum atomic E-state index is 13.4. The number of nitrogens with zero attached hydrogens (tertiary/aromatic N) is 2. The summed E-state index contributed by atoms with van der Waals surface area (Å²) >= 11 is 0. The number of amides is 2. The van der Waals surface area contributed by atoms with E-state index in [1.54, 1.807) is 4.90 Å². The van der Waals surface area contributed by atoms with Crippen LogP contribution in [0.25, 0.3) is 10.9 Å². The SMILES string of the molecule is CCN1CCCN(C(=O)c2c[nH]c3cc(F)c(F)cc3c2=O)CC1=O. The lowest BCUT2D eigenvalue weighted by Gasteiger charge is -2.20. The first-order valence-electron chi connectivity index (χ1n) is 8.00. The lowest BCUT2D eigenvalue weighted by Crippen LogP contribution is -2.40. The molecule has 1 aliphatic rings. The molecule has 2 heterocycles. The van der Waals surface area contributed by atoms with E-state index < -0.39 is 23.0 Å². The number of likely N-dealkylation sites (N-methyl/N-ethyl adjacent to an activating group) is 1. The Balaban J connectivity index is 1.97. The number of H-pyrrole nitrogens is 1. The fraction of sp³-hybridized carbons (Fsp3) is 0.353. The van der Waals surface area contributed by atoms with Gasteiger partial charge in [-0.25, -0.2) is 8.78 Å². The number of hydrogen-bond acceptors (Lipinski definition) is 3. The van der Waals surface area contributed by atoms with Crippen LogP contribution in [0.4, 0.5) is 8.78 Å². The van der Waals surface area contributed by atoms with Crippen molar-refractivity contribution in [2.24, 2.45) is 0 Å². The Morgan fingerprint density at radius 1 is 1.20 bits per heavy atom. The van der Waals surface area contributed by atoms with Gasteiger partial charge in [-0.05, 0) is 19.4 Å². The zero-order valence-corrected chi connectivity index (χ0v) is 13.6. The molecular formula is C17H17F2N3O3. The molecule has 1 fully saturated rings. The molecule has 0 bridgehead atoms. The Kier molecular flexibility index (Phi) is 4.52. The maximum absolute atomic E-state index is 13.4. The molecular weight excluding hydrogens is 332 g/mol. The highest BCUT2D eigenvalue weighted by Gasteiger charge is 2.26. The second kappa shape index (κ2) is 6.62. The van der Waals surface area contributed by atoms with Gasteiger partial charge >= 0.3 is 0 Å². The van der Waals surface area contributed by atoms with E-state index in [1.807, 2.05) is 6.92 Å². The highest BCUT2D eigenvalue weighted by atomic mass is 19.2. The van der Waals surface area contributed by atoms with Gasteiger partial charge < -0.3 is 14.8 Å². The van der Waals surface area contributed by atoms with Gasteiger partial charge in [-0.2, -0.15) is 0 Å². The number of fused-ring (bicyclic) bond motifs is 1. The molecule has 2 aromatic rings. The first-order chi connectivity index (χ1) is 11.9. The van der Waals surface area contributed by atoms with E-state index in [9.17, 15) is 23.2 Å². The molecule has 1 aromatic heterocycles. The van der Waals surface area contributed by atoms with Gasteiger partial charge in [-0.1, -0.05) is 0 Å². The molecule has 6 nitrogen and oxygen atoms in total. The van der Waals surface area contributed by atoms with E-state index in [2.05, 4.69) is 4.98 Å². The van der Waals surface area contributed by atoms with E-state index in [0.717, 1.165) is 12.1 Å². The first kappa shape index (κ1) is 17.1. The number of nitrogens with one attached hydrogen (secondary N) is 1. The van der Waals surface area contributed by atoms with Gasteiger partial charge in [0.1, 0.15) is 12.1 Å². The predicted molar refractivity (Wildman–Crippen MR) is 87.3 cm³/mol. The van der Waals surface area contributed by atoms with Crippen molar-refractivity contribution in [2.75, 3.05) is 26.2 Å². The van der Waals surface area contributed by atoms with Crippen molar-refractivity contribution >= 4 is 22.7 Å². The zero-order valence-electron chi connectivity index (χ0n) is 13.6. The summed E-state index contributed by atoms with van der Waals surface area (Å²) in [4.78, 5) is 42.9. The summed E-state index contributed by atoms with van der Waals surface area (Å²) in [6.45, 7) is 3.20. The minimum Gasteiger partial charge on any atom is -0.360 e. The molecule has 0 saturated carbocycles. The summed E-state index contributed by atoms with van der Waals surface area (Å²) in [6, 6.07) is 1.64. The number of carbonyl (C=O) groups is 2. The highest BCUT2D eigenvalue weighted by molar-refractivity contribution is 5.99. The Hall–Kier alpha value is -2.77. The van der Waals surface area contributed by atoms with Crippen molar-refractivity contribution in [1.29, 1.82) is 0 Å². The summed E-state index contributed by atoms with van der Waals surface area (Å²) in [5.41, 5.74) is -0.789. The lowest BCUT2D eigenvalue weighted by atomic mass is 10.1. The number of aromatic amines is 1. The van der Waals surface area contributed by atoms with Gasteiger partial charge in [-0.3, -0.25) is 14.4 Å². The molecule has 8 heteroatoms. The second-order valence-corrected chi connectivity index (χ2v) is 5.90. The number of benzene rings is 1. The summed E-state index contributed by atoms with van der Waals surface area (Å²) < 4.78 is 26.7. The van der Waals surface area contributed by atoms with Crippen LogP contribution in [0.1, 0.15) is 23.7 Å². The Morgan fingerprint density at radius 2 is 1.92 bits per heavy atom. The summed E-state index contributed by atoms with van der Waals surface area (Å²) in [6.07, 6.45) is 1.79. The average molecular weight is 349 g/mol. The molecule has 0 aliphatic carbocycles. The van der Waals surface area contributed by atoms with Gasteiger partial charge in [0.05, 0.1) is 5.52 Å². The second-order valence-electron chi connectivity index (χ2n) is 5.90.